The van der Waals surface area contributed by atoms with Crippen LogP contribution in [0.1, 0.15) is 35.4 Å². The van der Waals surface area contributed by atoms with Gasteiger partial charge in [-0.3, -0.25) is 19.3 Å². The SMILES string of the molecule is O=C(NCCCN1C(=O)CCC1=O)c1nnn(-c2ccccc2F)c1C(F)(F)F. The summed E-state index contributed by atoms with van der Waals surface area (Å²) < 4.78 is 54.7. The smallest absolute Gasteiger partial charge is 0.351 e. The molecule has 1 N–H and O–H groups in total. The van der Waals surface area contributed by atoms with Gasteiger partial charge in [0.2, 0.25) is 11.8 Å². The van der Waals surface area contributed by atoms with Crippen molar-refractivity contribution in [3.8, 4) is 5.69 Å². The van der Waals surface area contributed by atoms with Crippen molar-refractivity contribution in [3.05, 3.63) is 41.5 Å². The highest BCUT2D eigenvalue weighted by atomic mass is 19.4. The van der Waals surface area contributed by atoms with E-state index in [1.807, 2.05) is 0 Å². The van der Waals surface area contributed by atoms with Crippen LogP contribution < -0.4 is 5.32 Å². The van der Waals surface area contributed by atoms with E-state index in [9.17, 15) is 31.9 Å². The molecule has 3 rings (SSSR count). The van der Waals surface area contributed by atoms with Crippen LogP contribution in [0.3, 0.4) is 0 Å². The van der Waals surface area contributed by atoms with Gasteiger partial charge in [0.1, 0.15) is 11.5 Å². The van der Waals surface area contributed by atoms with Gasteiger partial charge in [0.05, 0.1) is 0 Å². The number of rotatable bonds is 6. The first kappa shape index (κ1) is 20.4. The van der Waals surface area contributed by atoms with Crippen LogP contribution >= 0.6 is 0 Å². The number of alkyl halides is 3. The molecule has 8 nitrogen and oxygen atoms in total. The van der Waals surface area contributed by atoms with E-state index in [0.717, 1.165) is 17.0 Å². The minimum Gasteiger partial charge on any atom is -0.351 e. The number of halogens is 4. The van der Waals surface area contributed by atoms with E-state index >= 15 is 0 Å². The lowest BCUT2D eigenvalue weighted by molar-refractivity contribution is -0.143. The molecule has 1 fully saturated rings. The molecular formula is C17H15F4N5O3. The number of hydrogen-bond acceptors (Lipinski definition) is 5. The first-order valence-electron chi connectivity index (χ1n) is 8.59. The Hall–Kier alpha value is -3.31. The topological polar surface area (TPSA) is 97.2 Å². The van der Waals surface area contributed by atoms with Crippen molar-refractivity contribution in [2.75, 3.05) is 13.1 Å². The lowest BCUT2D eigenvalue weighted by Gasteiger charge is -2.14. The zero-order valence-electron chi connectivity index (χ0n) is 14.9. The molecule has 0 atom stereocenters. The predicted molar refractivity (Wildman–Crippen MR) is 89.2 cm³/mol. The Kier molecular flexibility index (Phi) is 5.62. The number of amides is 3. The zero-order chi connectivity index (χ0) is 21.2. The summed E-state index contributed by atoms with van der Waals surface area (Å²) in [6, 6.07) is 4.65. The Morgan fingerprint density at radius 3 is 2.41 bits per heavy atom. The zero-order valence-corrected chi connectivity index (χ0v) is 14.9. The van der Waals surface area contributed by atoms with Crippen molar-refractivity contribution in [2.24, 2.45) is 0 Å². The average Bonchev–Trinajstić information content (AvgIpc) is 3.23. The number of hydrogen-bond donors (Lipinski definition) is 1. The van der Waals surface area contributed by atoms with E-state index in [1.54, 1.807) is 0 Å². The second kappa shape index (κ2) is 7.97. The summed E-state index contributed by atoms with van der Waals surface area (Å²) in [6.07, 6.45) is -4.61. The number of likely N-dealkylation sites (tertiary alicyclic amines) is 1. The maximum atomic E-state index is 13.9. The molecule has 1 aliphatic heterocycles. The number of imide groups is 1. The fraction of sp³-hybridized carbons (Fsp3) is 0.353. The van der Waals surface area contributed by atoms with Crippen LogP contribution in [0.2, 0.25) is 0 Å². The van der Waals surface area contributed by atoms with Gasteiger partial charge in [-0.25, -0.2) is 9.07 Å². The molecule has 0 aliphatic carbocycles. The number of nitrogens with zero attached hydrogens (tertiary/aromatic N) is 4. The first-order valence-corrected chi connectivity index (χ1v) is 8.59. The van der Waals surface area contributed by atoms with Crippen LogP contribution in [0.4, 0.5) is 17.6 Å². The number of nitrogens with one attached hydrogen (secondary N) is 1. The van der Waals surface area contributed by atoms with Crippen molar-refractivity contribution in [1.29, 1.82) is 0 Å². The third-order valence-corrected chi connectivity index (χ3v) is 4.23. The fourth-order valence-electron chi connectivity index (χ4n) is 2.88. The minimum atomic E-state index is -5.02. The highest BCUT2D eigenvalue weighted by Crippen LogP contribution is 2.33. The van der Waals surface area contributed by atoms with Gasteiger partial charge >= 0.3 is 6.18 Å². The van der Waals surface area contributed by atoms with E-state index < -0.39 is 35.0 Å². The van der Waals surface area contributed by atoms with E-state index in [0.29, 0.717) is 0 Å². The normalized spacial score (nSPS) is 14.6. The highest BCUT2D eigenvalue weighted by molar-refractivity contribution is 6.01. The third-order valence-electron chi connectivity index (χ3n) is 4.23. The van der Waals surface area contributed by atoms with Crippen molar-refractivity contribution in [1.82, 2.24) is 25.2 Å². The molecule has 0 spiro atoms. The van der Waals surface area contributed by atoms with Gasteiger partial charge < -0.3 is 5.32 Å². The Morgan fingerprint density at radius 1 is 1.14 bits per heavy atom. The van der Waals surface area contributed by atoms with Crippen LogP contribution in [0.15, 0.2) is 24.3 Å². The van der Waals surface area contributed by atoms with Gasteiger partial charge in [-0.1, -0.05) is 17.3 Å². The van der Waals surface area contributed by atoms with Gasteiger partial charge in [0.25, 0.3) is 5.91 Å². The monoisotopic (exact) mass is 413 g/mol. The van der Waals surface area contributed by atoms with E-state index in [-0.39, 0.29) is 48.8 Å². The van der Waals surface area contributed by atoms with Crippen molar-refractivity contribution in [3.63, 3.8) is 0 Å². The summed E-state index contributed by atoms with van der Waals surface area (Å²) in [7, 11) is 0. The molecular weight excluding hydrogens is 398 g/mol. The number of carbonyl (C=O) groups is 3. The Labute approximate surface area is 161 Å². The molecule has 2 aromatic rings. The second-order valence-corrected chi connectivity index (χ2v) is 6.20. The van der Waals surface area contributed by atoms with Crippen LogP contribution in [-0.4, -0.2) is 50.7 Å². The lowest BCUT2D eigenvalue weighted by Crippen LogP contribution is -2.33. The maximum absolute atomic E-state index is 13.9. The second-order valence-electron chi connectivity index (χ2n) is 6.20. The van der Waals surface area contributed by atoms with Gasteiger partial charge in [-0.15, -0.1) is 5.10 Å². The standard InChI is InChI=1S/C17H15F4N5O3/c18-10-4-1-2-5-11(10)26-15(17(19,20)21)14(23-24-26)16(29)22-8-3-9-25-12(27)6-7-13(25)28/h1-2,4-5H,3,6-9H2,(H,22,29). The van der Waals surface area contributed by atoms with Crippen LogP contribution in [-0.2, 0) is 15.8 Å². The summed E-state index contributed by atoms with van der Waals surface area (Å²) in [5, 5.41) is 8.82. The maximum Gasteiger partial charge on any atom is 0.435 e. The molecule has 0 bridgehead atoms. The minimum absolute atomic E-state index is 0.0476. The number of aromatic nitrogens is 3. The van der Waals surface area contributed by atoms with Gasteiger partial charge in [-0.2, -0.15) is 13.2 Å². The predicted octanol–water partition coefficient (Wildman–Crippen LogP) is 1.69. The molecule has 0 radical (unpaired) electrons. The van der Waals surface area contributed by atoms with Gasteiger partial charge in [0.15, 0.2) is 11.4 Å². The van der Waals surface area contributed by atoms with E-state index in [4.69, 9.17) is 0 Å². The fourth-order valence-corrected chi connectivity index (χ4v) is 2.88. The summed E-state index contributed by atoms with van der Waals surface area (Å²) in [5.41, 5.74) is -3.02. The molecule has 1 aliphatic rings. The van der Waals surface area contributed by atoms with Crippen LogP contribution in [0, 0.1) is 5.82 Å². The summed E-state index contributed by atoms with van der Waals surface area (Å²) >= 11 is 0. The molecule has 154 valence electrons. The third kappa shape index (κ3) is 4.25. The molecule has 0 unspecified atom stereocenters. The van der Waals surface area contributed by atoms with Crippen LogP contribution in [0.5, 0.6) is 0 Å². The molecule has 12 heteroatoms. The summed E-state index contributed by atoms with van der Waals surface area (Å²) in [6.45, 7) is -0.0499. The van der Waals surface area contributed by atoms with Crippen molar-refractivity contribution < 1.29 is 31.9 Å². The van der Waals surface area contributed by atoms with Crippen LogP contribution in [0.25, 0.3) is 5.69 Å². The lowest BCUT2D eigenvalue weighted by atomic mass is 10.2. The van der Waals surface area contributed by atoms with Gasteiger partial charge in [-0.05, 0) is 18.6 Å². The van der Waals surface area contributed by atoms with Gasteiger partial charge in [0, 0.05) is 25.9 Å². The summed E-state index contributed by atoms with van der Waals surface area (Å²) in [5.74, 6) is -2.77. The number of benzene rings is 1. The van der Waals surface area contributed by atoms with Crippen molar-refractivity contribution >= 4 is 17.7 Å². The molecule has 1 aromatic heterocycles. The summed E-state index contributed by atoms with van der Waals surface area (Å²) in [4.78, 5) is 36.2. The quantitative estimate of drug-likeness (QED) is 0.442. The van der Waals surface area contributed by atoms with E-state index in [2.05, 4.69) is 15.6 Å². The molecule has 1 aromatic carbocycles. The molecule has 0 saturated carbocycles. The molecule has 2 heterocycles. The largest absolute Gasteiger partial charge is 0.435 e. The number of para-hydroxylation sites is 1. The van der Waals surface area contributed by atoms with Crippen molar-refractivity contribution in [2.45, 2.75) is 25.4 Å². The molecule has 3 amide bonds. The Bertz CT molecular complexity index is 941. The Morgan fingerprint density at radius 2 is 1.79 bits per heavy atom. The first-order chi connectivity index (χ1) is 13.7. The highest BCUT2D eigenvalue weighted by Gasteiger charge is 2.42. The molecule has 1 saturated heterocycles. The Balaban J connectivity index is 1.73. The number of carbonyl (C=O) groups excluding carboxylic acids is 3. The average molecular weight is 413 g/mol. The molecule has 29 heavy (non-hydrogen) atoms. The van der Waals surface area contributed by atoms with E-state index in [1.165, 1.54) is 12.1 Å².